The Labute approximate surface area is 193 Å². The van der Waals surface area contributed by atoms with Gasteiger partial charge < -0.3 is 14.2 Å². The summed E-state index contributed by atoms with van der Waals surface area (Å²) >= 11 is 6.16. The lowest BCUT2D eigenvalue weighted by Gasteiger charge is -2.20. The fourth-order valence-corrected chi connectivity index (χ4v) is 5.21. The number of hydrogen-bond donors (Lipinski definition) is 1. The molecule has 1 N–H and O–H groups in total. The van der Waals surface area contributed by atoms with E-state index >= 15 is 0 Å². The third kappa shape index (κ3) is 4.79. The minimum atomic E-state index is -3.97. The van der Waals surface area contributed by atoms with Gasteiger partial charge in [-0.25, -0.2) is 8.42 Å². The summed E-state index contributed by atoms with van der Waals surface area (Å²) in [5.41, 5.74) is 2.40. The van der Waals surface area contributed by atoms with Crippen LogP contribution in [0.5, 0.6) is 23.0 Å². The molecule has 0 atom stereocenters. The van der Waals surface area contributed by atoms with Crippen molar-refractivity contribution in [2.75, 3.05) is 18.9 Å². The Hall–Kier alpha value is -2.90. The Kier molecular flexibility index (Phi) is 6.48. The molecule has 0 unspecified atom stereocenters. The summed E-state index contributed by atoms with van der Waals surface area (Å²) in [6.45, 7) is 0. The lowest BCUT2D eigenvalue weighted by Crippen LogP contribution is -2.16. The van der Waals surface area contributed by atoms with Crippen LogP contribution in [0.3, 0.4) is 0 Å². The van der Waals surface area contributed by atoms with Gasteiger partial charge in [0.25, 0.3) is 10.0 Å². The molecule has 3 aromatic carbocycles. The smallest absolute Gasteiger partial charge is 0.265 e. The quantitative estimate of drug-likeness (QED) is 0.467. The van der Waals surface area contributed by atoms with E-state index in [0.717, 1.165) is 36.8 Å². The highest BCUT2D eigenvalue weighted by Gasteiger charge is 2.25. The first kappa shape index (κ1) is 22.3. The zero-order valence-electron chi connectivity index (χ0n) is 17.9. The molecular weight excluding hydrogens is 450 g/mol. The van der Waals surface area contributed by atoms with E-state index in [2.05, 4.69) is 4.72 Å². The largest absolute Gasteiger partial charge is 0.497 e. The standard InChI is InChI=1S/C24H24ClNO5S/c1-29-19-8-5-9-20(15-19)31-22-11-10-18(25)14-21(22)26-32(27,28)24-13-17-7-4-3-6-16(17)12-23(24)30-2/h5,8-15,26H,3-4,6-7H2,1-2H3. The SMILES string of the molecule is COc1cccc(Oc2ccc(Cl)cc2NS(=O)(=O)c2cc3c(cc2OC)CCCC3)c1. The molecule has 8 heteroatoms. The predicted octanol–water partition coefficient (Wildman–Crippen LogP) is 5.83. The van der Waals surface area contributed by atoms with Crippen molar-refractivity contribution in [1.29, 1.82) is 0 Å². The molecule has 0 heterocycles. The summed E-state index contributed by atoms with van der Waals surface area (Å²) < 4.78 is 46.0. The van der Waals surface area contributed by atoms with Crippen molar-refractivity contribution in [3.8, 4) is 23.0 Å². The van der Waals surface area contributed by atoms with Crippen LogP contribution in [0.25, 0.3) is 0 Å². The van der Waals surface area contributed by atoms with Gasteiger partial charge in [0.1, 0.15) is 22.1 Å². The van der Waals surface area contributed by atoms with Crippen molar-refractivity contribution >= 4 is 27.3 Å². The molecule has 1 aliphatic rings. The average molecular weight is 474 g/mol. The fourth-order valence-electron chi connectivity index (χ4n) is 3.77. The number of fused-ring (bicyclic) bond motifs is 1. The van der Waals surface area contributed by atoms with Crippen molar-refractivity contribution in [2.45, 2.75) is 30.6 Å². The van der Waals surface area contributed by atoms with E-state index < -0.39 is 10.0 Å². The van der Waals surface area contributed by atoms with Crippen LogP contribution >= 0.6 is 11.6 Å². The maximum atomic E-state index is 13.4. The number of benzene rings is 3. The van der Waals surface area contributed by atoms with Gasteiger partial charge in [0, 0.05) is 11.1 Å². The molecule has 168 valence electrons. The van der Waals surface area contributed by atoms with E-state index in [0.29, 0.717) is 28.0 Å². The molecular formula is C24H24ClNO5S. The zero-order valence-corrected chi connectivity index (χ0v) is 19.4. The number of nitrogens with one attached hydrogen (secondary N) is 1. The first-order chi connectivity index (χ1) is 15.4. The molecule has 3 aromatic rings. The van der Waals surface area contributed by atoms with Gasteiger partial charge in [0.15, 0.2) is 5.75 Å². The molecule has 0 aliphatic heterocycles. The number of rotatable bonds is 7. The molecule has 0 saturated carbocycles. The van der Waals surface area contributed by atoms with Gasteiger partial charge in [-0.3, -0.25) is 4.72 Å². The van der Waals surface area contributed by atoms with Crippen LogP contribution in [0.2, 0.25) is 5.02 Å². The highest BCUT2D eigenvalue weighted by molar-refractivity contribution is 7.92. The van der Waals surface area contributed by atoms with Crippen molar-refractivity contribution in [1.82, 2.24) is 0 Å². The van der Waals surface area contributed by atoms with E-state index in [-0.39, 0.29) is 10.6 Å². The van der Waals surface area contributed by atoms with E-state index in [1.165, 1.54) is 13.2 Å². The normalized spacial score (nSPS) is 13.2. The van der Waals surface area contributed by atoms with Crippen LogP contribution in [0.15, 0.2) is 59.5 Å². The third-order valence-electron chi connectivity index (χ3n) is 5.37. The average Bonchev–Trinajstić information content (AvgIpc) is 2.80. The summed E-state index contributed by atoms with van der Waals surface area (Å²) in [6.07, 6.45) is 3.91. The lowest BCUT2D eigenvalue weighted by molar-refractivity contribution is 0.401. The van der Waals surface area contributed by atoms with Crippen LogP contribution < -0.4 is 18.9 Å². The Bertz CT molecular complexity index is 1240. The molecule has 0 bridgehead atoms. The second-order valence-corrected chi connectivity index (χ2v) is 9.59. The van der Waals surface area contributed by atoms with Crippen molar-refractivity contribution < 1.29 is 22.6 Å². The first-order valence-electron chi connectivity index (χ1n) is 10.2. The van der Waals surface area contributed by atoms with Gasteiger partial charge in [0.2, 0.25) is 0 Å². The first-order valence-corrected chi connectivity index (χ1v) is 12.1. The molecule has 0 fully saturated rings. The van der Waals surface area contributed by atoms with Crippen molar-refractivity contribution in [3.05, 3.63) is 70.7 Å². The van der Waals surface area contributed by atoms with Gasteiger partial charge in [-0.2, -0.15) is 0 Å². The number of sulfonamides is 1. The Balaban J connectivity index is 1.70. The van der Waals surface area contributed by atoms with Crippen LogP contribution in [-0.2, 0) is 22.9 Å². The number of hydrogen-bond acceptors (Lipinski definition) is 5. The topological polar surface area (TPSA) is 73.9 Å². The van der Waals surface area contributed by atoms with Crippen LogP contribution in [0.4, 0.5) is 5.69 Å². The van der Waals surface area contributed by atoms with Gasteiger partial charge in [-0.05, 0) is 79.3 Å². The number of ether oxygens (including phenoxy) is 3. The highest BCUT2D eigenvalue weighted by atomic mass is 35.5. The maximum Gasteiger partial charge on any atom is 0.265 e. The molecule has 6 nitrogen and oxygen atoms in total. The van der Waals surface area contributed by atoms with Crippen molar-refractivity contribution in [3.63, 3.8) is 0 Å². The highest BCUT2D eigenvalue weighted by Crippen LogP contribution is 2.37. The zero-order chi connectivity index (χ0) is 22.7. The summed E-state index contributed by atoms with van der Waals surface area (Å²) in [5.74, 6) is 1.74. The minimum absolute atomic E-state index is 0.0907. The molecule has 0 amide bonds. The molecule has 0 aromatic heterocycles. The number of aryl methyl sites for hydroxylation is 2. The third-order valence-corrected chi connectivity index (χ3v) is 6.99. The van der Waals surface area contributed by atoms with Crippen LogP contribution in [-0.4, -0.2) is 22.6 Å². The molecule has 0 radical (unpaired) electrons. The predicted molar refractivity (Wildman–Crippen MR) is 125 cm³/mol. The number of anilines is 1. The van der Waals surface area contributed by atoms with Crippen LogP contribution in [0, 0.1) is 0 Å². The summed E-state index contributed by atoms with van der Waals surface area (Å²) in [6, 6.07) is 15.3. The summed E-state index contributed by atoms with van der Waals surface area (Å²) in [5, 5.41) is 0.373. The van der Waals surface area contributed by atoms with E-state index in [9.17, 15) is 8.42 Å². The molecule has 0 spiro atoms. The number of halogens is 1. The lowest BCUT2D eigenvalue weighted by atomic mass is 9.92. The van der Waals surface area contributed by atoms with Gasteiger partial charge >= 0.3 is 0 Å². The van der Waals surface area contributed by atoms with Gasteiger partial charge in [0.05, 0.1) is 19.9 Å². The second-order valence-electron chi connectivity index (χ2n) is 7.51. The molecule has 32 heavy (non-hydrogen) atoms. The molecule has 0 saturated heterocycles. The Morgan fingerprint density at radius 2 is 1.56 bits per heavy atom. The van der Waals surface area contributed by atoms with Crippen LogP contribution in [0.1, 0.15) is 24.0 Å². The summed E-state index contributed by atoms with van der Waals surface area (Å²) in [7, 11) is -0.937. The van der Waals surface area contributed by atoms with E-state index in [1.54, 1.807) is 49.6 Å². The Morgan fingerprint density at radius 1 is 0.844 bits per heavy atom. The monoisotopic (exact) mass is 473 g/mol. The maximum absolute atomic E-state index is 13.4. The van der Waals surface area contributed by atoms with E-state index in [4.69, 9.17) is 25.8 Å². The Morgan fingerprint density at radius 3 is 2.28 bits per heavy atom. The second kappa shape index (κ2) is 9.30. The molecule has 1 aliphatic carbocycles. The summed E-state index contributed by atoms with van der Waals surface area (Å²) in [4.78, 5) is 0.0907. The van der Waals surface area contributed by atoms with Gasteiger partial charge in [-0.15, -0.1) is 0 Å². The van der Waals surface area contributed by atoms with E-state index in [1.807, 2.05) is 6.07 Å². The van der Waals surface area contributed by atoms with Gasteiger partial charge in [-0.1, -0.05) is 17.7 Å². The number of methoxy groups -OCH3 is 2. The fraction of sp³-hybridized carbons (Fsp3) is 0.250. The molecule has 4 rings (SSSR count). The minimum Gasteiger partial charge on any atom is -0.497 e. The van der Waals surface area contributed by atoms with Crippen molar-refractivity contribution in [2.24, 2.45) is 0 Å².